The summed E-state index contributed by atoms with van der Waals surface area (Å²) in [6.45, 7) is 10.9. The summed E-state index contributed by atoms with van der Waals surface area (Å²) in [4.78, 5) is 11.3. The van der Waals surface area contributed by atoms with Crippen LogP contribution in [0.1, 0.15) is 34.6 Å². The van der Waals surface area contributed by atoms with Crippen molar-refractivity contribution in [3.05, 3.63) is 0 Å². The van der Waals surface area contributed by atoms with Crippen LogP contribution in [0.2, 0.25) is 0 Å². The molecule has 0 fully saturated rings. The van der Waals surface area contributed by atoms with Crippen molar-refractivity contribution in [3.63, 3.8) is 0 Å². The van der Waals surface area contributed by atoms with E-state index in [1.807, 2.05) is 13.8 Å². The molecule has 0 spiro atoms. The van der Waals surface area contributed by atoms with Gasteiger partial charge in [-0.15, -0.1) is 12.4 Å². The number of alkyl carbamates (subject to hydrolysis) is 1. The number of aliphatic hydroxyl groups is 2. The molecule has 148 valence electrons. The molecule has 0 aromatic carbocycles. The zero-order chi connectivity index (χ0) is 18.3. The summed E-state index contributed by atoms with van der Waals surface area (Å²) in [5.74, 6) is 0. The monoisotopic (exact) mass is 374 g/mol. The molecule has 5 N–H and O–H groups in total. The number of carbonyl (C=O) groups excluding carboxylic acids is 1. The van der Waals surface area contributed by atoms with Gasteiger partial charge in [0.25, 0.3) is 0 Å². The highest BCUT2D eigenvalue weighted by Crippen LogP contribution is 2.06. The molecule has 0 aliphatic heterocycles. The number of nitrogens with one attached hydrogen (secondary N) is 1. The summed E-state index contributed by atoms with van der Waals surface area (Å²) in [5, 5.41) is 19.8. The number of rotatable bonds is 9. The van der Waals surface area contributed by atoms with E-state index in [0.29, 0.717) is 19.8 Å². The number of nitrogens with two attached hydrogens (primary N) is 1. The average Bonchev–Trinajstić information content (AvgIpc) is 2.47. The van der Waals surface area contributed by atoms with E-state index in [0.717, 1.165) is 0 Å². The fraction of sp³-hybridized carbons (Fsp3) is 0.933. The van der Waals surface area contributed by atoms with Crippen LogP contribution in [0.4, 0.5) is 4.79 Å². The van der Waals surface area contributed by atoms with Gasteiger partial charge in [-0.1, -0.05) is 0 Å². The van der Waals surface area contributed by atoms with Crippen molar-refractivity contribution in [2.45, 2.75) is 52.3 Å². The SMILES string of the molecule is CCOC[C@@H](CO)NC(=O)OC(C)(C)C.CCOC[C@H](N)CO.Cl. The van der Waals surface area contributed by atoms with Crippen LogP contribution < -0.4 is 11.1 Å². The van der Waals surface area contributed by atoms with Gasteiger partial charge in [-0.25, -0.2) is 4.79 Å². The first-order chi connectivity index (χ1) is 10.7. The number of amides is 1. The molecule has 1 amide bonds. The zero-order valence-corrected chi connectivity index (χ0v) is 16.2. The number of carbonyl (C=O) groups is 1. The summed E-state index contributed by atoms with van der Waals surface area (Å²) < 4.78 is 15.0. The maximum Gasteiger partial charge on any atom is 0.408 e. The number of hydrogen-bond acceptors (Lipinski definition) is 7. The first-order valence-corrected chi connectivity index (χ1v) is 7.82. The Kier molecular flexibility index (Phi) is 20.2. The fourth-order valence-electron chi connectivity index (χ4n) is 1.20. The summed E-state index contributed by atoms with van der Waals surface area (Å²) >= 11 is 0. The van der Waals surface area contributed by atoms with Gasteiger partial charge in [0.15, 0.2) is 0 Å². The number of ether oxygens (including phenoxy) is 3. The lowest BCUT2D eigenvalue weighted by Crippen LogP contribution is -2.43. The van der Waals surface area contributed by atoms with E-state index in [1.54, 1.807) is 20.8 Å². The molecule has 0 aliphatic rings. The van der Waals surface area contributed by atoms with Gasteiger partial charge in [-0.2, -0.15) is 0 Å². The first-order valence-electron chi connectivity index (χ1n) is 7.82. The Morgan fingerprint density at radius 1 is 1.08 bits per heavy atom. The molecule has 0 saturated carbocycles. The second kappa shape index (κ2) is 17.2. The minimum Gasteiger partial charge on any atom is -0.444 e. The molecular weight excluding hydrogens is 340 g/mol. The predicted molar refractivity (Wildman–Crippen MR) is 95.5 cm³/mol. The Bertz CT molecular complexity index is 290. The van der Waals surface area contributed by atoms with Gasteiger partial charge < -0.3 is 35.5 Å². The lowest BCUT2D eigenvalue weighted by atomic mass is 10.2. The summed E-state index contributed by atoms with van der Waals surface area (Å²) in [6.07, 6.45) is -0.541. The average molecular weight is 375 g/mol. The molecule has 0 unspecified atom stereocenters. The van der Waals surface area contributed by atoms with Crippen molar-refractivity contribution in [2.24, 2.45) is 5.73 Å². The van der Waals surface area contributed by atoms with Crippen molar-refractivity contribution in [1.82, 2.24) is 5.32 Å². The zero-order valence-electron chi connectivity index (χ0n) is 15.4. The molecule has 24 heavy (non-hydrogen) atoms. The third kappa shape index (κ3) is 21.4. The van der Waals surface area contributed by atoms with E-state index in [1.165, 1.54) is 0 Å². The van der Waals surface area contributed by atoms with Crippen molar-refractivity contribution in [2.75, 3.05) is 39.6 Å². The minimum absolute atomic E-state index is 0. The summed E-state index contributed by atoms with van der Waals surface area (Å²) in [6, 6.07) is -0.630. The van der Waals surface area contributed by atoms with Gasteiger partial charge in [0.2, 0.25) is 0 Å². The number of hydrogen-bond donors (Lipinski definition) is 4. The minimum atomic E-state index is -0.541. The molecule has 0 aromatic heterocycles. The molecule has 0 radical (unpaired) electrons. The van der Waals surface area contributed by atoms with Crippen LogP contribution in [0, 0.1) is 0 Å². The summed E-state index contributed by atoms with van der Waals surface area (Å²) in [5.41, 5.74) is 4.75. The second-order valence-corrected chi connectivity index (χ2v) is 5.79. The number of aliphatic hydroxyl groups excluding tert-OH is 2. The van der Waals surface area contributed by atoms with E-state index in [9.17, 15) is 4.79 Å². The quantitative estimate of drug-likeness (QED) is 0.467. The lowest BCUT2D eigenvalue weighted by Gasteiger charge is -2.22. The third-order valence-electron chi connectivity index (χ3n) is 2.23. The molecule has 0 heterocycles. The number of halogens is 1. The molecule has 0 aromatic rings. The lowest BCUT2D eigenvalue weighted by molar-refractivity contribution is 0.0398. The van der Waals surface area contributed by atoms with Crippen molar-refractivity contribution in [3.8, 4) is 0 Å². The Morgan fingerprint density at radius 2 is 1.58 bits per heavy atom. The van der Waals surface area contributed by atoms with Crippen LogP contribution in [0.5, 0.6) is 0 Å². The standard InChI is InChI=1S/C10H21NO4.C5H13NO2.ClH/c1-5-14-7-8(6-12)11-9(13)15-10(2,3)4;1-2-8-4-5(6)3-7;/h8,12H,5-7H2,1-4H3,(H,11,13);5,7H,2-4,6H2,1H3;1H/t8-;5-;/m11./s1. The van der Waals surface area contributed by atoms with E-state index >= 15 is 0 Å². The maximum atomic E-state index is 11.3. The Balaban J connectivity index is -0.000000419. The van der Waals surface area contributed by atoms with E-state index in [2.05, 4.69) is 5.32 Å². The van der Waals surface area contributed by atoms with Gasteiger partial charge in [0.1, 0.15) is 5.60 Å². The predicted octanol–water partition coefficient (Wildman–Crippen LogP) is 0.673. The third-order valence-corrected chi connectivity index (χ3v) is 2.23. The molecule has 0 bridgehead atoms. The fourth-order valence-corrected chi connectivity index (χ4v) is 1.20. The topological polar surface area (TPSA) is 123 Å². The maximum absolute atomic E-state index is 11.3. The van der Waals surface area contributed by atoms with Crippen LogP contribution in [0.3, 0.4) is 0 Å². The smallest absolute Gasteiger partial charge is 0.408 e. The van der Waals surface area contributed by atoms with Crippen molar-refractivity contribution in [1.29, 1.82) is 0 Å². The second-order valence-electron chi connectivity index (χ2n) is 5.79. The van der Waals surface area contributed by atoms with Gasteiger partial charge >= 0.3 is 6.09 Å². The Labute approximate surface area is 151 Å². The Morgan fingerprint density at radius 3 is 1.96 bits per heavy atom. The first kappa shape index (κ1) is 28.2. The van der Waals surface area contributed by atoms with Gasteiger partial charge in [-0.3, -0.25) is 0 Å². The van der Waals surface area contributed by atoms with Crippen LogP contribution in [-0.4, -0.2) is 73.6 Å². The van der Waals surface area contributed by atoms with Crippen LogP contribution in [-0.2, 0) is 14.2 Å². The highest BCUT2D eigenvalue weighted by molar-refractivity contribution is 5.85. The molecule has 0 rings (SSSR count). The van der Waals surface area contributed by atoms with E-state index < -0.39 is 17.7 Å². The van der Waals surface area contributed by atoms with Crippen molar-refractivity contribution < 1.29 is 29.2 Å². The highest BCUT2D eigenvalue weighted by atomic mass is 35.5. The molecule has 0 saturated heterocycles. The molecule has 2 atom stereocenters. The van der Waals surface area contributed by atoms with Gasteiger partial charge in [0.05, 0.1) is 38.5 Å². The van der Waals surface area contributed by atoms with Gasteiger partial charge in [0, 0.05) is 13.2 Å². The van der Waals surface area contributed by atoms with E-state index in [-0.39, 0.29) is 38.3 Å². The highest BCUT2D eigenvalue weighted by Gasteiger charge is 2.18. The molecular formula is C15H35ClN2O6. The molecule has 8 nitrogen and oxygen atoms in total. The van der Waals surface area contributed by atoms with E-state index in [4.69, 9.17) is 30.2 Å². The summed E-state index contributed by atoms with van der Waals surface area (Å²) in [7, 11) is 0. The van der Waals surface area contributed by atoms with Crippen LogP contribution in [0.15, 0.2) is 0 Å². The van der Waals surface area contributed by atoms with Crippen LogP contribution >= 0.6 is 12.4 Å². The molecule has 0 aliphatic carbocycles. The normalized spacial score (nSPS) is 13.0. The van der Waals surface area contributed by atoms with Gasteiger partial charge in [-0.05, 0) is 34.6 Å². The van der Waals surface area contributed by atoms with Crippen molar-refractivity contribution >= 4 is 18.5 Å². The molecule has 9 heteroatoms. The Hall–Kier alpha value is -0.640. The largest absolute Gasteiger partial charge is 0.444 e. The van der Waals surface area contributed by atoms with Crippen LogP contribution in [0.25, 0.3) is 0 Å².